The number of hydrogen-bond donors (Lipinski definition) is 0. The van der Waals surface area contributed by atoms with E-state index in [0.29, 0.717) is 24.5 Å². The molecule has 0 aromatic carbocycles. The van der Waals surface area contributed by atoms with Gasteiger partial charge in [-0.15, -0.1) is 10.2 Å². The van der Waals surface area contributed by atoms with Crippen molar-refractivity contribution < 1.29 is 9.15 Å². The highest BCUT2D eigenvalue weighted by Crippen LogP contribution is 2.30. The van der Waals surface area contributed by atoms with E-state index in [1.807, 2.05) is 12.1 Å². The number of furan rings is 1. The Bertz CT molecular complexity index is 686. The van der Waals surface area contributed by atoms with Gasteiger partial charge in [-0.1, -0.05) is 25.6 Å². The van der Waals surface area contributed by atoms with E-state index in [0.717, 1.165) is 48.7 Å². The molecule has 4 heterocycles. The van der Waals surface area contributed by atoms with Gasteiger partial charge in [0.05, 0.1) is 18.9 Å². The second kappa shape index (κ2) is 8.05. The van der Waals surface area contributed by atoms with Crippen LogP contribution in [0, 0.1) is 11.8 Å². The van der Waals surface area contributed by atoms with Crippen molar-refractivity contribution >= 4 is 17.7 Å². The van der Waals surface area contributed by atoms with Gasteiger partial charge in [0.15, 0.2) is 5.16 Å². The second-order valence-corrected chi connectivity index (χ2v) is 8.73. The highest BCUT2D eigenvalue weighted by molar-refractivity contribution is 7.99. The molecule has 4 rings (SSSR count). The number of anilines is 1. The van der Waals surface area contributed by atoms with Gasteiger partial charge in [-0.25, -0.2) is 0 Å². The van der Waals surface area contributed by atoms with Gasteiger partial charge in [-0.2, -0.15) is 0 Å². The molecule has 2 aliphatic heterocycles. The fraction of sp³-hybridized carbons (Fsp3) is 0.684. The summed E-state index contributed by atoms with van der Waals surface area (Å²) in [6.45, 7) is 8.28. The lowest BCUT2D eigenvalue weighted by Gasteiger charge is -2.35. The molecule has 6 nitrogen and oxygen atoms in total. The molecule has 0 radical (unpaired) electrons. The molecule has 7 heteroatoms. The highest BCUT2D eigenvalue weighted by Gasteiger charge is 2.27. The lowest BCUT2D eigenvalue weighted by atomic mass is 9.92. The predicted octanol–water partition coefficient (Wildman–Crippen LogP) is 3.67. The maximum atomic E-state index is 5.76. The van der Waals surface area contributed by atoms with Gasteiger partial charge < -0.3 is 14.1 Å². The fourth-order valence-electron chi connectivity index (χ4n) is 4.09. The summed E-state index contributed by atoms with van der Waals surface area (Å²) in [6, 6.07) is 3.95. The molecule has 2 fully saturated rings. The lowest BCUT2D eigenvalue weighted by molar-refractivity contribution is 0.129. The van der Waals surface area contributed by atoms with Gasteiger partial charge in [0.1, 0.15) is 5.76 Å². The van der Waals surface area contributed by atoms with Gasteiger partial charge in [0.2, 0.25) is 5.95 Å². The minimum atomic E-state index is 0.340. The first-order valence-electron chi connectivity index (χ1n) is 9.64. The summed E-state index contributed by atoms with van der Waals surface area (Å²) in [5.74, 6) is 4.19. The van der Waals surface area contributed by atoms with Crippen molar-refractivity contribution in [3.63, 3.8) is 0 Å². The van der Waals surface area contributed by atoms with E-state index in [2.05, 4.69) is 33.5 Å². The van der Waals surface area contributed by atoms with Crippen molar-refractivity contribution in [1.82, 2.24) is 14.8 Å². The summed E-state index contributed by atoms with van der Waals surface area (Å²) in [5, 5.41) is 10.0. The first kappa shape index (κ1) is 17.9. The number of ether oxygens (including phenoxy) is 1. The van der Waals surface area contributed by atoms with Crippen LogP contribution in [0.25, 0.3) is 0 Å². The molecule has 2 saturated heterocycles. The van der Waals surface area contributed by atoms with E-state index < -0.39 is 0 Å². The van der Waals surface area contributed by atoms with E-state index in [1.54, 1.807) is 18.0 Å². The number of hydrogen-bond acceptors (Lipinski definition) is 6. The summed E-state index contributed by atoms with van der Waals surface area (Å²) in [6.07, 6.45) is 5.66. The Kier molecular flexibility index (Phi) is 5.55. The van der Waals surface area contributed by atoms with Crippen LogP contribution in [-0.2, 0) is 11.3 Å². The van der Waals surface area contributed by atoms with Gasteiger partial charge >= 0.3 is 0 Å². The third-order valence-corrected chi connectivity index (χ3v) is 6.26. The number of aromatic nitrogens is 3. The molecule has 0 spiro atoms. The molecular weight excluding hydrogens is 348 g/mol. The number of rotatable bonds is 6. The first-order valence-corrected chi connectivity index (χ1v) is 10.6. The normalized spacial score (nSPS) is 26.5. The molecule has 2 aromatic rings. The van der Waals surface area contributed by atoms with Crippen LogP contribution in [0.1, 0.15) is 38.9 Å². The Morgan fingerprint density at radius 2 is 2.08 bits per heavy atom. The average molecular weight is 377 g/mol. The van der Waals surface area contributed by atoms with Gasteiger partial charge in [0, 0.05) is 25.4 Å². The summed E-state index contributed by atoms with van der Waals surface area (Å²) in [4.78, 5) is 2.39. The van der Waals surface area contributed by atoms with Crippen LogP contribution < -0.4 is 4.90 Å². The Hall–Kier alpha value is -1.47. The van der Waals surface area contributed by atoms with Crippen LogP contribution in [0.3, 0.4) is 0 Å². The van der Waals surface area contributed by atoms with Crippen molar-refractivity contribution in [1.29, 1.82) is 0 Å². The van der Waals surface area contributed by atoms with E-state index in [9.17, 15) is 0 Å². The molecule has 0 saturated carbocycles. The molecular formula is C19H28N4O2S. The zero-order valence-corrected chi connectivity index (χ0v) is 16.5. The standard InChI is InChI=1S/C19H28N4O2S/c1-14-9-15(2)11-22(10-14)18-20-21-19(26-13-17-6-4-8-25-17)23(18)12-16-5-3-7-24-16/h3,5,7,14-15,17H,4,6,8-13H2,1-2H3. The number of thioether (sulfide) groups is 1. The Morgan fingerprint density at radius 3 is 2.77 bits per heavy atom. The van der Waals surface area contributed by atoms with Crippen molar-refractivity contribution in [3.8, 4) is 0 Å². The molecule has 2 aliphatic rings. The van der Waals surface area contributed by atoms with Crippen molar-refractivity contribution in [3.05, 3.63) is 24.2 Å². The number of piperidine rings is 1. The van der Waals surface area contributed by atoms with E-state index in [4.69, 9.17) is 9.15 Å². The molecule has 26 heavy (non-hydrogen) atoms. The molecule has 3 atom stereocenters. The van der Waals surface area contributed by atoms with Gasteiger partial charge in [-0.05, 0) is 43.2 Å². The summed E-state index contributed by atoms with van der Waals surface area (Å²) >= 11 is 1.75. The maximum Gasteiger partial charge on any atom is 0.228 e. The minimum absolute atomic E-state index is 0.340. The monoisotopic (exact) mass is 376 g/mol. The Labute approximate surface area is 159 Å². The van der Waals surface area contributed by atoms with E-state index >= 15 is 0 Å². The van der Waals surface area contributed by atoms with E-state index in [1.165, 1.54) is 12.8 Å². The third kappa shape index (κ3) is 4.09. The van der Waals surface area contributed by atoms with Gasteiger partial charge in [-0.3, -0.25) is 4.57 Å². The zero-order chi connectivity index (χ0) is 17.9. The fourth-order valence-corrected chi connectivity index (χ4v) is 5.09. The second-order valence-electron chi connectivity index (χ2n) is 7.75. The Morgan fingerprint density at radius 1 is 1.23 bits per heavy atom. The maximum absolute atomic E-state index is 5.76. The predicted molar refractivity (Wildman–Crippen MR) is 103 cm³/mol. The zero-order valence-electron chi connectivity index (χ0n) is 15.6. The van der Waals surface area contributed by atoms with E-state index in [-0.39, 0.29) is 0 Å². The Balaban J connectivity index is 1.55. The third-order valence-electron chi connectivity index (χ3n) is 5.17. The molecule has 0 amide bonds. The average Bonchev–Trinajstić information content (AvgIpc) is 3.35. The molecule has 0 aliphatic carbocycles. The summed E-state index contributed by atoms with van der Waals surface area (Å²) < 4.78 is 13.6. The smallest absolute Gasteiger partial charge is 0.228 e. The number of nitrogens with zero attached hydrogens (tertiary/aromatic N) is 4. The molecule has 3 unspecified atom stereocenters. The quantitative estimate of drug-likeness (QED) is 0.717. The highest BCUT2D eigenvalue weighted by atomic mass is 32.2. The topological polar surface area (TPSA) is 56.3 Å². The molecule has 142 valence electrons. The van der Waals surface area contributed by atoms with Crippen LogP contribution in [0.5, 0.6) is 0 Å². The molecule has 2 aromatic heterocycles. The van der Waals surface area contributed by atoms with Crippen molar-refractivity contribution in [2.75, 3.05) is 30.3 Å². The first-order chi connectivity index (χ1) is 12.7. The van der Waals surface area contributed by atoms with Crippen LogP contribution in [0.2, 0.25) is 0 Å². The van der Waals surface area contributed by atoms with Crippen LogP contribution in [0.15, 0.2) is 28.0 Å². The minimum Gasteiger partial charge on any atom is -0.467 e. The van der Waals surface area contributed by atoms with Crippen molar-refractivity contribution in [2.24, 2.45) is 11.8 Å². The van der Waals surface area contributed by atoms with Crippen LogP contribution in [0.4, 0.5) is 5.95 Å². The summed E-state index contributed by atoms with van der Waals surface area (Å²) in [7, 11) is 0. The summed E-state index contributed by atoms with van der Waals surface area (Å²) in [5.41, 5.74) is 0. The van der Waals surface area contributed by atoms with Crippen LogP contribution >= 0.6 is 11.8 Å². The molecule has 0 bridgehead atoms. The molecule has 0 N–H and O–H groups in total. The largest absolute Gasteiger partial charge is 0.467 e. The van der Waals surface area contributed by atoms with Crippen molar-refractivity contribution in [2.45, 2.75) is 50.9 Å². The van der Waals surface area contributed by atoms with Gasteiger partial charge in [0.25, 0.3) is 0 Å². The SMILES string of the molecule is CC1CC(C)CN(c2nnc(SCC3CCCO3)n2Cc2ccco2)C1. The van der Waals surface area contributed by atoms with Crippen LogP contribution in [-0.4, -0.2) is 46.3 Å². The lowest BCUT2D eigenvalue weighted by Crippen LogP contribution is -2.40.